The van der Waals surface area contributed by atoms with E-state index in [4.69, 9.17) is 4.74 Å². The molecule has 1 heterocycles. The lowest BCUT2D eigenvalue weighted by molar-refractivity contribution is -0.128. The van der Waals surface area contributed by atoms with E-state index in [1.165, 1.54) is 5.56 Å². The van der Waals surface area contributed by atoms with Crippen LogP contribution in [0.15, 0.2) is 48.5 Å². The van der Waals surface area contributed by atoms with Gasteiger partial charge in [0.05, 0.1) is 13.5 Å². The summed E-state index contributed by atoms with van der Waals surface area (Å²) in [5.74, 6) is 1.58. The third-order valence-corrected chi connectivity index (χ3v) is 5.55. The predicted octanol–water partition coefficient (Wildman–Crippen LogP) is 3.01. The van der Waals surface area contributed by atoms with E-state index in [2.05, 4.69) is 17.4 Å². The first-order valence-corrected chi connectivity index (χ1v) is 10.3. The van der Waals surface area contributed by atoms with Gasteiger partial charge in [-0.05, 0) is 47.9 Å². The summed E-state index contributed by atoms with van der Waals surface area (Å²) in [5, 5.41) is 2.99. The Balaban J connectivity index is 1.42. The number of hydrogen-bond acceptors (Lipinski definition) is 3. The number of rotatable bonds is 8. The Morgan fingerprint density at radius 2 is 1.83 bits per heavy atom. The molecule has 0 spiro atoms. The maximum Gasteiger partial charge on any atom is 0.224 e. The molecular formula is C24H30N2O3. The summed E-state index contributed by atoms with van der Waals surface area (Å²) in [4.78, 5) is 25.6. The van der Waals surface area contributed by atoms with Gasteiger partial charge in [-0.2, -0.15) is 0 Å². The highest BCUT2D eigenvalue weighted by atomic mass is 16.5. The Bertz CT molecular complexity index is 832. The van der Waals surface area contributed by atoms with E-state index < -0.39 is 0 Å². The molecule has 2 aromatic carbocycles. The zero-order valence-corrected chi connectivity index (χ0v) is 17.3. The molecule has 0 aromatic heterocycles. The number of methoxy groups -OCH3 is 1. The second kappa shape index (κ2) is 10.1. The Morgan fingerprint density at radius 1 is 1.10 bits per heavy atom. The van der Waals surface area contributed by atoms with Gasteiger partial charge in [0, 0.05) is 26.6 Å². The van der Waals surface area contributed by atoms with Crippen LogP contribution < -0.4 is 10.1 Å². The van der Waals surface area contributed by atoms with Crippen molar-refractivity contribution < 1.29 is 14.3 Å². The van der Waals surface area contributed by atoms with Crippen LogP contribution in [0.4, 0.5) is 0 Å². The van der Waals surface area contributed by atoms with E-state index in [1.54, 1.807) is 14.0 Å². The maximum atomic E-state index is 12.2. The third-order valence-electron chi connectivity index (χ3n) is 5.55. The SMILES string of the molecule is COc1ccccc1CCNC(=O)Cc1ccc(CC2CCN(C(C)=O)C2)cc1. The number of ether oxygens (including phenoxy) is 1. The summed E-state index contributed by atoms with van der Waals surface area (Å²) in [5.41, 5.74) is 3.37. The molecule has 1 aliphatic rings. The van der Waals surface area contributed by atoms with Crippen LogP contribution in [0, 0.1) is 5.92 Å². The number of carbonyl (C=O) groups excluding carboxylic acids is 2. The molecule has 0 aliphatic carbocycles. The van der Waals surface area contributed by atoms with Gasteiger partial charge < -0.3 is 15.0 Å². The molecule has 1 atom stereocenters. The monoisotopic (exact) mass is 394 g/mol. The zero-order chi connectivity index (χ0) is 20.6. The number of carbonyl (C=O) groups is 2. The van der Waals surface area contributed by atoms with Gasteiger partial charge in [-0.15, -0.1) is 0 Å². The summed E-state index contributed by atoms with van der Waals surface area (Å²) in [6, 6.07) is 16.1. The number of benzene rings is 2. The molecule has 0 bridgehead atoms. The van der Waals surface area contributed by atoms with Crippen LogP contribution in [0.3, 0.4) is 0 Å². The third kappa shape index (κ3) is 6.08. The van der Waals surface area contributed by atoms with Crippen molar-refractivity contribution in [1.82, 2.24) is 10.2 Å². The van der Waals surface area contributed by atoms with E-state index in [1.807, 2.05) is 41.3 Å². The van der Waals surface area contributed by atoms with Gasteiger partial charge >= 0.3 is 0 Å². The molecule has 154 valence electrons. The lowest BCUT2D eigenvalue weighted by atomic mass is 9.97. The Labute approximate surface area is 173 Å². The fourth-order valence-electron chi connectivity index (χ4n) is 3.91. The van der Waals surface area contributed by atoms with Crippen molar-refractivity contribution in [3.63, 3.8) is 0 Å². The molecule has 0 saturated carbocycles. The number of para-hydroxylation sites is 1. The summed E-state index contributed by atoms with van der Waals surface area (Å²) < 4.78 is 5.34. The first-order valence-electron chi connectivity index (χ1n) is 10.3. The number of likely N-dealkylation sites (tertiary alicyclic amines) is 1. The Hall–Kier alpha value is -2.82. The Morgan fingerprint density at radius 3 is 2.52 bits per heavy atom. The number of hydrogen-bond donors (Lipinski definition) is 1. The van der Waals surface area contributed by atoms with Gasteiger partial charge in [0.15, 0.2) is 0 Å². The normalized spacial score (nSPS) is 15.9. The van der Waals surface area contributed by atoms with Gasteiger partial charge in [0.2, 0.25) is 11.8 Å². The Kier molecular flexibility index (Phi) is 7.28. The van der Waals surface area contributed by atoms with Crippen molar-refractivity contribution in [2.24, 2.45) is 5.92 Å². The quantitative estimate of drug-likeness (QED) is 0.749. The fourth-order valence-corrected chi connectivity index (χ4v) is 3.91. The highest BCUT2D eigenvalue weighted by Gasteiger charge is 2.24. The molecule has 0 radical (unpaired) electrons. The molecule has 29 heavy (non-hydrogen) atoms. The molecule has 1 aliphatic heterocycles. The smallest absolute Gasteiger partial charge is 0.224 e. The summed E-state index contributed by atoms with van der Waals surface area (Å²) in [6.07, 6.45) is 3.17. The summed E-state index contributed by atoms with van der Waals surface area (Å²) in [7, 11) is 1.66. The van der Waals surface area contributed by atoms with Crippen LogP contribution in [-0.4, -0.2) is 43.5 Å². The molecule has 1 N–H and O–H groups in total. The van der Waals surface area contributed by atoms with Crippen LogP contribution >= 0.6 is 0 Å². The lowest BCUT2D eigenvalue weighted by Crippen LogP contribution is -2.27. The molecule has 2 amide bonds. The highest BCUT2D eigenvalue weighted by molar-refractivity contribution is 5.78. The van der Waals surface area contributed by atoms with Gasteiger partial charge in [0.25, 0.3) is 0 Å². The molecular weight excluding hydrogens is 364 g/mol. The average Bonchev–Trinajstić information content (AvgIpc) is 3.19. The number of nitrogens with one attached hydrogen (secondary N) is 1. The van der Waals surface area contributed by atoms with E-state index in [0.29, 0.717) is 18.9 Å². The van der Waals surface area contributed by atoms with Crippen molar-refractivity contribution >= 4 is 11.8 Å². The van der Waals surface area contributed by atoms with Crippen molar-refractivity contribution in [3.05, 3.63) is 65.2 Å². The number of nitrogens with zero attached hydrogens (tertiary/aromatic N) is 1. The molecule has 5 heteroatoms. The topological polar surface area (TPSA) is 58.6 Å². The molecule has 5 nitrogen and oxygen atoms in total. The van der Waals surface area contributed by atoms with Gasteiger partial charge in [-0.1, -0.05) is 42.5 Å². The molecule has 1 fully saturated rings. The van der Waals surface area contributed by atoms with E-state index in [-0.39, 0.29) is 11.8 Å². The molecule has 2 aromatic rings. The molecule has 1 unspecified atom stereocenters. The lowest BCUT2D eigenvalue weighted by Gasteiger charge is -2.14. The van der Waals surface area contributed by atoms with Crippen LogP contribution in [0.2, 0.25) is 0 Å². The maximum absolute atomic E-state index is 12.2. The first-order chi connectivity index (χ1) is 14.0. The zero-order valence-electron chi connectivity index (χ0n) is 17.3. The molecule has 3 rings (SSSR count). The first kappa shape index (κ1) is 20.9. The van der Waals surface area contributed by atoms with Gasteiger partial charge in [0.1, 0.15) is 5.75 Å². The van der Waals surface area contributed by atoms with Crippen molar-refractivity contribution in [1.29, 1.82) is 0 Å². The molecule has 1 saturated heterocycles. The summed E-state index contributed by atoms with van der Waals surface area (Å²) in [6.45, 7) is 3.95. The van der Waals surface area contributed by atoms with Crippen LogP contribution in [-0.2, 0) is 28.9 Å². The van der Waals surface area contributed by atoms with E-state index >= 15 is 0 Å². The predicted molar refractivity (Wildman–Crippen MR) is 114 cm³/mol. The van der Waals surface area contributed by atoms with E-state index in [0.717, 1.165) is 49.2 Å². The minimum Gasteiger partial charge on any atom is -0.496 e. The largest absolute Gasteiger partial charge is 0.496 e. The highest BCUT2D eigenvalue weighted by Crippen LogP contribution is 2.21. The van der Waals surface area contributed by atoms with Crippen molar-refractivity contribution in [2.75, 3.05) is 26.7 Å². The standard InChI is InChI=1S/C24H30N2O3/c1-18(27)26-14-12-21(17-26)15-19-7-9-20(10-8-19)16-24(28)25-13-11-22-5-3-4-6-23(22)29-2/h3-10,21H,11-17H2,1-2H3,(H,25,28). The van der Waals surface area contributed by atoms with Crippen LogP contribution in [0.25, 0.3) is 0 Å². The second-order valence-corrected chi connectivity index (χ2v) is 7.73. The van der Waals surface area contributed by atoms with Crippen molar-refractivity contribution in [2.45, 2.75) is 32.6 Å². The van der Waals surface area contributed by atoms with Crippen molar-refractivity contribution in [3.8, 4) is 5.75 Å². The van der Waals surface area contributed by atoms with Gasteiger partial charge in [-0.3, -0.25) is 9.59 Å². The number of amides is 2. The summed E-state index contributed by atoms with van der Waals surface area (Å²) >= 11 is 0. The van der Waals surface area contributed by atoms with E-state index in [9.17, 15) is 9.59 Å². The van der Waals surface area contributed by atoms with Crippen LogP contribution in [0.5, 0.6) is 5.75 Å². The van der Waals surface area contributed by atoms with Crippen LogP contribution in [0.1, 0.15) is 30.0 Å². The second-order valence-electron chi connectivity index (χ2n) is 7.73. The average molecular weight is 395 g/mol. The van der Waals surface area contributed by atoms with Gasteiger partial charge in [-0.25, -0.2) is 0 Å². The minimum absolute atomic E-state index is 0.0283. The fraction of sp³-hybridized carbons (Fsp3) is 0.417. The minimum atomic E-state index is 0.0283.